The topological polar surface area (TPSA) is 66.1 Å². The Hall–Kier alpha value is -2.34. The number of rotatable bonds is 4. The van der Waals surface area contributed by atoms with Gasteiger partial charge in [-0.25, -0.2) is 14.2 Å². The highest BCUT2D eigenvalue weighted by Gasteiger charge is 2.05. The lowest BCUT2D eigenvalue weighted by Crippen LogP contribution is -2.34. The van der Waals surface area contributed by atoms with E-state index in [1.165, 1.54) is 12.1 Å². The molecule has 3 N–H and O–H groups in total. The lowest BCUT2D eigenvalue weighted by atomic mass is 10.3. The van der Waals surface area contributed by atoms with Gasteiger partial charge in [0, 0.05) is 11.7 Å². The van der Waals surface area contributed by atoms with Gasteiger partial charge < -0.3 is 10.6 Å². The van der Waals surface area contributed by atoms with Crippen molar-refractivity contribution in [3.8, 4) is 0 Å². The molecule has 0 aliphatic heterocycles. The van der Waals surface area contributed by atoms with E-state index in [1.54, 1.807) is 24.4 Å². The Balaban J connectivity index is 1.99. The van der Waals surface area contributed by atoms with Crippen LogP contribution >= 0.6 is 11.6 Å². The van der Waals surface area contributed by atoms with Crippen molar-refractivity contribution in [1.29, 1.82) is 0 Å². The summed E-state index contributed by atoms with van der Waals surface area (Å²) in [6, 6.07) is 7.48. The minimum atomic E-state index is -0.471. The summed E-state index contributed by atoms with van der Waals surface area (Å²) in [6.07, 6.45) is 1.56. The van der Waals surface area contributed by atoms with Gasteiger partial charge in [-0.05, 0) is 44.2 Å². The standard InChI is InChI=1S/C15H16ClFN4O/c1-9(2)19-15(22)21-14-6-4-11(8-18-14)20-10-3-5-13(17)12(16)7-10/h3-9,20H,1-2H3,(H2,18,19,21,22). The van der Waals surface area contributed by atoms with Gasteiger partial charge in [-0.15, -0.1) is 0 Å². The normalized spacial score (nSPS) is 10.4. The molecule has 1 aromatic carbocycles. The molecule has 1 heterocycles. The number of pyridine rings is 1. The number of halogens is 2. The number of carbonyl (C=O) groups is 1. The van der Waals surface area contributed by atoms with Crippen molar-refractivity contribution in [2.75, 3.05) is 10.6 Å². The van der Waals surface area contributed by atoms with E-state index >= 15 is 0 Å². The SMILES string of the molecule is CC(C)NC(=O)Nc1ccc(Nc2ccc(F)c(Cl)c2)cn1. The lowest BCUT2D eigenvalue weighted by Gasteiger charge is -2.10. The van der Waals surface area contributed by atoms with Crippen LogP contribution in [0.15, 0.2) is 36.5 Å². The van der Waals surface area contributed by atoms with Crippen molar-refractivity contribution in [2.24, 2.45) is 0 Å². The van der Waals surface area contributed by atoms with Crippen LogP contribution in [0.1, 0.15) is 13.8 Å². The highest BCUT2D eigenvalue weighted by molar-refractivity contribution is 6.31. The van der Waals surface area contributed by atoms with E-state index in [1.807, 2.05) is 13.8 Å². The molecule has 2 aromatic rings. The summed E-state index contributed by atoms with van der Waals surface area (Å²) in [7, 11) is 0. The smallest absolute Gasteiger partial charge is 0.320 e. The van der Waals surface area contributed by atoms with Gasteiger partial charge in [0.25, 0.3) is 0 Å². The van der Waals surface area contributed by atoms with E-state index in [9.17, 15) is 9.18 Å². The summed E-state index contributed by atoms with van der Waals surface area (Å²) in [5.74, 6) is -0.0399. The first-order valence-corrected chi connectivity index (χ1v) is 7.07. The van der Waals surface area contributed by atoms with Gasteiger partial charge in [0.05, 0.1) is 16.9 Å². The number of anilines is 3. The molecule has 0 aliphatic carbocycles. The maximum Gasteiger partial charge on any atom is 0.320 e. The molecular weight excluding hydrogens is 307 g/mol. The van der Waals surface area contributed by atoms with Crippen LogP contribution < -0.4 is 16.0 Å². The Morgan fingerprint density at radius 1 is 1.23 bits per heavy atom. The molecule has 0 saturated heterocycles. The third-order valence-corrected chi connectivity index (χ3v) is 2.92. The van der Waals surface area contributed by atoms with Gasteiger partial charge in [0.2, 0.25) is 0 Å². The minimum absolute atomic E-state index is 0.0432. The van der Waals surface area contributed by atoms with E-state index < -0.39 is 5.82 Å². The van der Waals surface area contributed by atoms with Crippen LogP contribution in [-0.4, -0.2) is 17.1 Å². The number of carbonyl (C=O) groups excluding carboxylic acids is 1. The summed E-state index contributed by atoms with van der Waals surface area (Å²) in [5.41, 5.74) is 1.34. The molecule has 0 saturated carbocycles. The molecule has 0 bridgehead atoms. The molecule has 116 valence electrons. The van der Waals surface area contributed by atoms with Gasteiger partial charge in [-0.1, -0.05) is 11.6 Å². The summed E-state index contributed by atoms with van der Waals surface area (Å²) < 4.78 is 13.1. The van der Waals surface area contributed by atoms with Crippen molar-refractivity contribution in [3.63, 3.8) is 0 Å². The van der Waals surface area contributed by atoms with E-state index in [2.05, 4.69) is 20.9 Å². The zero-order chi connectivity index (χ0) is 16.1. The number of benzene rings is 1. The van der Waals surface area contributed by atoms with Gasteiger partial charge in [0.15, 0.2) is 0 Å². The maximum absolute atomic E-state index is 13.1. The van der Waals surface area contributed by atoms with E-state index in [0.717, 1.165) is 0 Å². The van der Waals surface area contributed by atoms with Crippen LogP contribution in [0.3, 0.4) is 0 Å². The second-order valence-corrected chi connectivity index (χ2v) is 5.35. The molecule has 0 spiro atoms. The van der Waals surface area contributed by atoms with Gasteiger partial charge in [-0.2, -0.15) is 0 Å². The molecule has 1 aromatic heterocycles. The van der Waals surface area contributed by atoms with Crippen molar-refractivity contribution >= 4 is 34.8 Å². The van der Waals surface area contributed by atoms with Crippen LogP contribution in [0, 0.1) is 5.82 Å². The predicted octanol–water partition coefficient (Wildman–Crippen LogP) is 4.15. The summed E-state index contributed by atoms with van der Waals surface area (Å²) in [5, 5.41) is 8.41. The Morgan fingerprint density at radius 3 is 2.55 bits per heavy atom. The van der Waals surface area contributed by atoms with E-state index in [4.69, 9.17) is 11.6 Å². The highest BCUT2D eigenvalue weighted by atomic mass is 35.5. The molecule has 0 fully saturated rings. The van der Waals surface area contributed by atoms with Crippen molar-refractivity contribution in [3.05, 3.63) is 47.4 Å². The highest BCUT2D eigenvalue weighted by Crippen LogP contribution is 2.22. The first-order valence-electron chi connectivity index (χ1n) is 6.69. The van der Waals surface area contributed by atoms with Crippen molar-refractivity contribution < 1.29 is 9.18 Å². The fourth-order valence-corrected chi connectivity index (χ4v) is 1.88. The molecular formula is C15H16ClFN4O. The Morgan fingerprint density at radius 2 is 1.95 bits per heavy atom. The summed E-state index contributed by atoms with van der Waals surface area (Å²) in [4.78, 5) is 15.7. The first-order chi connectivity index (χ1) is 10.4. The van der Waals surface area contributed by atoms with Crippen LogP contribution in [0.25, 0.3) is 0 Å². The Kier molecular flexibility index (Phi) is 5.16. The Labute approximate surface area is 132 Å². The molecule has 2 amide bonds. The third kappa shape index (κ3) is 4.60. The van der Waals surface area contributed by atoms with E-state index in [-0.39, 0.29) is 17.1 Å². The predicted molar refractivity (Wildman–Crippen MR) is 86.2 cm³/mol. The molecule has 0 unspecified atom stereocenters. The molecule has 22 heavy (non-hydrogen) atoms. The fraction of sp³-hybridized carbons (Fsp3) is 0.200. The zero-order valence-electron chi connectivity index (χ0n) is 12.2. The average molecular weight is 323 g/mol. The van der Waals surface area contributed by atoms with Crippen LogP contribution in [0.4, 0.5) is 26.4 Å². The number of aromatic nitrogens is 1. The molecule has 0 atom stereocenters. The van der Waals surface area contributed by atoms with Gasteiger partial charge >= 0.3 is 6.03 Å². The molecule has 2 rings (SSSR count). The van der Waals surface area contributed by atoms with Crippen LogP contribution in [0.2, 0.25) is 5.02 Å². The molecule has 0 radical (unpaired) electrons. The largest absolute Gasteiger partial charge is 0.354 e. The molecule has 5 nitrogen and oxygen atoms in total. The number of nitrogens with zero attached hydrogens (tertiary/aromatic N) is 1. The number of nitrogens with one attached hydrogen (secondary N) is 3. The van der Waals surface area contributed by atoms with Gasteiger partial charge in [-0.3, -0.25) is 5.32 Å². The first kappa shape index (κ1) is 16.0. The van der Waals surface area contributed by atoms with Gasteiger partial charge in [0.1, 0.15) is 11.6 Å². The lowest BCUT2D eigenvalue weighted by molar-refractivity contribution is 0.250. The minimum Gasteiger partial charge on any atom is -0.354 e. The number of urea groups is 1. The van der Waals surface area contributed by atoms with Crippen molar-refractivity contribution in [2.45, 2.75) is 19.9 Å². The third-order valence-electron chi connectivity index (χ3n) is 2.63. The van der Waals surface area contributed by atoms with Crippen LogP contribution in [-0.2, 0) is 0 Å². The summed E-state index contributed by atoms with van der Waals surface area (Å²) >= 11 is 5.72. The fourth-order valence-electron chi connectivity index (χ4n) is 1.70. The molecule has 7 heteroatoms. The van der Waals surface area contributed by atoms with Crippen molar-refractivity contribution in [1.82, 2.24) is 10.3 Å². The number of amides is 2. The zero-order valence-corrected chi connectivity index (χ0v) is 12.9. The second-order valence-electron chi connectivity index (χ2n) is 4.94. The maximum atomic E-state index is 13.1. The quantitative estimate of drug-likeness (QED) is 0.792. The average Bonchev–Trinajstić information content (AvgIpc) is 2.44. The van der Waals surface area contributed by atoms with Crippen LogP contribution in [0.5, 0.6) is 0 Å². The summed E-state index contributed by atoms with van der Waals surface area (Å²) in [6.45, 7) is 3.74. The van der Waals surface area contributed by atoms with E-state index in [0.29, 0.717) is 17.2 Å². The monoisotopic (exact) mass is 322 g/mol. The Bertz CT molecular complexity index is 661. The number of hydrogen-bond donors (Lipinski definition) is 3. The second kappa shape index (κ2) is 7.09. The molecule has 0 aliphatic rings. The number of hydrogen-bond acceptors (Lipinski definition) is 3.